The topological polar surface area (TPSA) is 54.0 Å². The Bertz CT molecular complexity index is 542. The zero-order valence-electron chi connectivity index (χ0n) is 10.4. The number of aromatic nitrogens is 1. The van der Waals surface area contributed by atoms with E-state index in [4.69, 9.17) is 11.6 Å². The second-order valence-electron chi connectivity index (χ2n) is 4.08. The maximum Gasteiger partial charge on any atom is 0.247 e. The molecule has 0 spiro atoms. The molecule has 0 saturated carbocycles. The van der Waals surface area contributed by atoms with Crippen LogP contribution in [0.25, 0.3) is 0 Å². The van der Waals surface area contributed by atoms with Gasteiger partial charge in [0.15, 0.2) is 0 Å². The Hall–Kier alpha value is -2.07. The van der Waals surface area contributed by atoms with Crippen molar-refractivity contribution in [2.45, 2.75) is 13.0 Å². The number of hydrogen-bond acceptors (Lipinski definition) is 3. The zero-order chi connectivity index (χ0) is 13.7. The molecule has 2 rings (SSSR count). The molecule has 0 radical (unpaired) electrons. The van der Waals surface area contributed by atoms with Crippen molar-refractivity contribution in [2.75, 3.05) is 10.6 Å². The summed E-state index contributed by atoms with van der Waals surface area (Å²) in [6.45, 7) is 1.79. The minimum absolute atomic E-state index is 0.154. The first-order valence-electron chi connectivity index (χ1n) is 5.89. The first-order valence-corrected chi connectivity index (χ1v) is 6.27. The van der Waals surface area contributed by atoms with E-state index in [9.17, 15) is 4.79 Å². The van der Waals surface area contributed by atoms with Crippen molar-refractivity contribution < 1.29 is 4.79 Å². The van der Waals surface area contributed by atoms with E-state index < -0.39 is 0 Å². The molecule has 0 aliphatic carbocycles. The van der Waals surface area contributed by atoms with E-state index in [2.05, 4.69) is 15.6 Å². The molecule has 0 aliphatic heterocycles. The van der Waals surface area contributed by atoms with Gasteiger partial charge in [-0.25, -0.2) is 4.98 Å². The van der Waals surface area contributed by atoms with Crippen LogP contribution in [0.3, 0.4) is 0 Å². The number of halogens is 1. The quantitative estimate of drug-likeness (QED) is 0.901. The lowest BCUT2D eigenvalue weighted by Gasteiger charge is -2.14. The van der Waals surface area contributed by atoms with Gasteiger partial charge in [-0.1, -0.05) is 29.8 Å². The van der Waals surface area contributed by atoms with Gasteiger partial charge in [-0.2, -0.15) is 0 Å². The summed E-state index contributed by atoms with van der Waals surface area (Å²) in [6, 6.07) is 12.5. The van der Waals surface area contributed by atoms with Crippen LogP contribution in [0.15, 0.2) is 48.7 Å². The highest BCUT2D eigenvalue weighted by atomic mass is 35.5. The van der Waals surface area contributed by atoms with Gasteiger partial charge in [0.05, 0.1) is 5.02 Å². The van der Waals surface area contributed by atoms with E-state index in [1.807, 2.05) is 30.3 Å². The van der Waals surface area contributed by atoms with Crippen LogP contribution in [-0.2, 0) is 4.79 Å². The third-order valence-corrected chi connectivity index (χ3v) is 2.75. The number of anilines is 2. The Morgan fingerprint density at radius 3 is 2.58 bits per heavy atom. The molecule has 98 valence electrons. The van der Waals surface area contributed by atoms with E-state index in [-0.39, 0.29) is 11.9 Å². The number of pyridine rings is 1. The van der Waals surface area contributed by atoms with Gasteiger partial charge >= 0.3 is 0 Å². The fraction of sp³-hybridized carbons (Fsp3) is 0.143. The molecule has 2 aromatic rings. The predicted octanol–water partition coefficient (Wildman–Crippen LogP) is 3.17. The van der Waals surface area contributed by atoms with Crippen molar-refractivity contribution in [2.24, 2.45) is 0 Å². The summed E-state index contributed by atoms with van der Waals surface area (Å²) >= 11 is 5.73. The third-order valence-electron chi connectivity index (χ3n) is 2.53. The number of para-hydroxylation sites is 1. The van der Waals surface area contributed by atoms with Gasteiger partial charge < -0.3 is 10.6 Å². The van der Waals surface area contributed by atoms with E-state index in [0.29, 0.717) is 10.8 Å². The number of nitrogens with one attached hydrogen (secondary N) is 2. The minimum Gasteiger partial charge on any atom is -0.374 e. The molecule has 4 nitrogen and oxygen atoms in total. The second-order valence-corrected chi connectivity index (χ2v) is 4.52. The summed E-state index contributed by atoms with van der Waals surface area (Å²) in [5.74, 6) is 0.329. The van der Waals surface area contributed by atoms with Crippen LogP contribution in [0.4, 0.5) is 11.5 Å². The van der Waals surface area contributed by atoms with Crippen LogP contribution < -0.4 is 10.6 Å². The summed E-state index contributed by atoms with van der Waals surface area (Å²) in [4.78, 5) is 16.0. The molecule has 0 fully saturated rings. The Kier molecular flexibility index (Phi) is 4.36. The molecule has 1 heterocycles. The van der Waals surface area contributed by atoms with E-state index in [1.54, 1.807) is 19.1 Å². The molecule has 0 aliphatic rings. The van der Waals surface area contributed by atoms with Crippen molar-refractivity contribution in [1.82, 2.24) is 4.98 Å². The average molecular weight is 276 g/mol. The number of carbonyl (C=O) groups is 1. The number of nitrogens with zero attached hydrogens (tertiary/aromatic N) is 1. The first kappa shape index (κ1) is 13.4. The van der Waals surface area contributed by atoms with E-state index in [0.717, 1.165) is 5.69 Å². The Balaban J connectivity index is 1.94. The summed E-state index contributed by atoms with van der Waals surface area (Å²) in [6.07, 6.45) is 1.49. The molecule has 1 amide bonds. The molecule has 1 aromatic carbocycles. The number of hydrogen-bond donors (Lipinski definition) is 2. The zero-order valence-corrected chi connectivity index (χ0v) is 11.2. The van der Waals surface area contributed by atoms with Gasteiger partial charge in [0.2, 0.25) is 5.91 Å². The van der Waals surface area contributed by atoms with Crippen molar-refractivity contribution in [1.29, 1.82) is 0 Å². The van der Waals surface area contributed by atoms with Gasteiger partial charge in [0, 0.05) is 11.9 Å². The molecular weight excluding hydrogens is 262 g/mol. The molecule has 0 bridgehead atoms. The second kappa shape index (κ2) is 6.20. The fourth-order valence-electron chi connectivity index (χ4n) is 1.53. The highest BCUT2D eigenvalue weighted by Gasteiger charge is 2.12. The standard InChI is InChI=1S/C14H14ClN3O/c1-10(17-12-5-3-2-4-6-12)14(19)18-13-8-7-11(15)9-16-13/h2-10,17H,1H3,(H,16,18,19). The van der Waals surface area contributed by atoms with Crippen molar-refractivity contribution >= 4 is 29.0 Å². The van der Waals surface area contributed by atoms with E-state index >= 15 is 0 Å². The lowest BCUT2D eigenvalue weighted by molar-refractivity contribution is -0.116. The maximum atomic E-state index is 12.0. The summed E-state index contributed by atoms with van der Waals surface area (Å²) in [7, 11) is 0. The van der Waals surface area contributed by atoms with Crippen molar-refractivity contribution in [3.8, 4) is 0 Å². The van der Waals surface area contributed by atoms with Gasteiger partial charge in [0.25, 0.3) is 0 Å². The normalized spacial score (nSPS) is 11.7. The minimum atomic E-state index is -0.361. The van der Waals surface area contributed by atoms with Crippen LogP contribution in [-0.4, -0.2) is 16.9 Å². The number of rotatable bonds is 4. The van der Waals surface area contributed by atoms with Gasteiger partial charge in [-0.15, -0.1) is 0 Å². The molecule has 0 saturated heterocycles. The number of amides is 1. The molecule has 2 N–H and O–H groups in total. The van der Waals surface area contributed by atoms with Gasteiger partial charge in [-0.3, -0.25) is 4.79 Å². The highest BCUT2D eigenvalue weighted by Crippen LogP contribution is 2.11. The Labute approximate surface area is 116 Å². The lowest BCUT2D eigenvalue weighted by Crippen LogP contribution is -2.32. The Morgan fingerprint density at radius 2 is 1.95 bits per heavy atom. The van der Waals surface area contributed by atoms with Gasteiger partial charge in [0.1, 0.15) is 11.9 Å². The largest absolute Gasteiger partial charge is 0.374 e. The molecule has 5 heteroatoms. The molecular formula is C14H14ClN3O. The molecule has 1 unspecified atom stereocenters. The summed E-state index contributed by atoms with van der Waals surface area (Å²) in [5.41, 5.74) is 0.897. The SMILES string of the molecule is CC(Nc1ccccc1)C(=O)Nc1ccc(Cl)cn1. The average Bonchev–Trinajstić information content (AvgIpc) is 2.42. The smallest absolute Gasteiger partial charge is 0.247 e. The number of carbonyl (C=O) groups excluding carboxylic acids is 1. The predicted molar refractivity (Wildman–Crippen MR) is 77.4 cm³/mol. The monoisotopic (exact) mass is 275 g/mol. The highest BCUT2D eigenvalue weighted by molar-refractivity contribution is 6.30. The first-order chi connectivity index (χ1) is 9.15. The van der Waals surface area contributed by atoms with Crippen LogP contribution in [0.5, 0.6) is 0 Å². The third kappa shape index (κ3) is 3.96. The Morgan fingerprint density at radius 1 is 1.21 bits per heavy atom. The lowest BCUT2D eigenvalue weighted by atomic mass is 10.2. The van der Waals surface area contributed by atoms with Crippen LogP contribution >= 0.6 is 11.6 Å². The van der Waals surface area contributed by atoms with Crippen LogP contribution in [0.1, 0.15) is 6.92 Å². The molecule has 19 heavy (non-hydrogen) atoms. The van der Waals surface area contributed by atoms with Crippen LogP contribution in [0, 0.1) is 0 Å². The fourth-order valence-corrected chi connectivity index (χ4v) is 1.65. The van der Waals surface area contributed by atoms with Crippen molar-refractivity contribution in [3.63, 3.8) is 0 Å². The van der Waals surface area contributed by atoms with Gasteiger partial charge in [-0.05, 0) is 31.2 Å². The van der Waals surface area contributed by atoms with E-state index in [1.165, 1.54) is 6.20 Å². The molecule has 1 atom stereocenters. The van der Waals surface area contributed by atoms with Crippen molar-refractivity contribution in [3.05, 3.63) is 53.7 Å². The maximum absolute atomic E-state index is 12.0. The van der Waals surface area contributed by atoms with Crippen LogP contribution in [0.2, 0.25) is 5.02 Å². The summed E-state index contributed by atoms with van der Waals surface area (Å²) < 4.78 is 0. The number of benzene rings is 1. The molecule has 1 aromatic heterocycles. The summed E-state index contributed by atoms with van der Waals surface area (Å²) in [5, 5.41) is 6.36.